The zero-order chi connectivity index (χ0) is 13.8. The molecule has 4 nitrogen and oxygen atoms in total. The zero-order valence-corrected chi connectivity index (χ0v) is 9.71. The molecule has 0 N–H and O–H groups in total. The molecule has 1 aromatic carbocycles. The van der Waals surface area contributed by atoms with E-state index in [0.29, 0.717) is 6.07 Å². The molecule has 1 aromatic rings. The summed E-state index contributed by atoms with van der Waals surface area (Å²) in [5.41, 5.74) is -1.25. The van der Waals surface area contributed by atoms with Crippen LogP contribution >= 0.6 is 0 Å². The topological polar surface area (TPSA) is 44.8 Å². The zero-order valence-electron chi connectivity index (χ0n) is 9.71. The maximum atomic E-state index is 12.5. The lowest BCUT2D eigenvalue weighted by Crippen LogP contribution is -2.11. The monoisotopic (exact) mass is 264 g/mol. The van der Waals surface area contributed by atoms with Gasteiger partial charge < -0.3 is 14.2 Å². The molecule has 0 bridgehead atoms. The fraction of sp³-hybridized carbons (Fsp3) is 0.364. The lowest BCUT2D eigenvalue weighted by atomic mass is 10.1. The Hall–Kier alpha value is -1.76. The molecule has 0 atom stereocenters. The van der Waals surface area contributed by atoms with Crippen LogP contribution in [0.1, 0.15) is 15.9 Å². The van der Waals surface area contributed by atoms with Crippen LogP contribution in [0, 0.1) is 0 Å². The van der Waals surface area contributed by atoms with Crippen LogP contribution in [-0.4, -0.2) is 27.0 Å². The Labute approximate surface area is 101 Å². The van der Waals surface area contributed by atoms with Crippen molar-refractivity contribution in [2.75, 3.05) is 21.0 Å². The summed E-state index contributed by atoms with van der Waals surface area (Å²) in [6, 6.07) is 2.54. The van der Waals surface area contributed by atoms with E-state index in [9.17, 15) is 18.0 Å². The number of rotatable bonds is 4. The Morgan fingerprint density at radius 1 is 1.28 bits per heavy atom. The quantitative estimate of drug-likeness (QED) is 0.619. The van der Waals surface area contributed by atoms with Crippen LogP contribution in [-0.2, 0) is 15.7 Å². The number of alkyl halides is 3. The summed E-state index contributed by atoms with van der Waals surface area (Å²) in [7, 11) is 2.42. The fourth-order valence-corrected chi connectivity index (χ4v) is 1.22. The van der Waals surface area contributed by atoms with Gasteiger partial charge in [-0.3, -0.25) is 0 Å². The van der Waals surface area contributed by atoms with Crippen molar-refractivity contribution in [2.45, 2.75) is 6.18 Å². The van der Waals surface area contributed by atoms with Crippen molar-refractivity contribution in [1.29, 1.82) is 0 Å². The summed E-state index contributed by atoms with van der Waals surface area (Å²) in [4.78, 5) is 11.4. The van der Waals surface area contributed by atoms with Gasteiger partial charge in [-0.25, -0.2) is 4.79 Å². The number of carbonyl (C=O) groups excluding carboxylic acids is 1. The molecular formula is C11H11F3O4. The van der Waals surface area contributed by atoms with Gasteiger partial charge in [-0.05, 0) is 18.2 Å². The van der Waals surface area contributed by atoms with Crippen molar-refractivity contribution in [3.05, 3.63) is 29.3 Å². The van der Waals surface area contributed by atoms with Crippen molar-refractivity contribution in [3.8, 4) is 5.75 Å². The molecule has 0 radical (unpaired) electrons. The summed E-state index contributed by atoms with van der Waals surface area (Å²) in [6.45, 7) is -0.185. The summed E-state index contributed by atoms with van der Waals surface area (Å²) >= 11 is 0. The molecule has 1 rings (SSSR count). The second-order valence-corrected chi connectivity index (χ2v) is 3.25. The van der Waals surface area contributed by atoms with Gasteiger partial charge in [-0.15, -0.1) is 0 Å². The minimum absolute atomic E-state index is 0.0308. The Morgan fingerprint density at radius 3 is 2.44 bits per heavy atom. The molecule has 0 aliphatic carbocycles. The SMILES string of the molecule is COCOc1ccc(C(F)(F)F)cc1C(=O)OC. The Morgan fingerprint density at radius 2 is 1.94 bits per heavy atom. The van der Waals surface area contributed by atoms with Crippen LogP contribution in [0.5, 0.6) is 5.75 Å². The number of hydrogen-bond acceptors (Lipinski definition) is 4. The minimum atomic E-state index is -4.54. The third-order valence-corrected chi connectivity index (χ3v) is 2.04. The molecular weight excluding hydrogens is 253 g/mol. The van der Waals surface area contributed by atoms with Crippen molar-refractivity contribution in [3.63, 3.8) is 0 Å². The predicted octanol–water partition coefficient (Wildman–Crippen LogP) is 2.47. The van der Waals surface area contributed by atoms with E-state index < -0.39 is 17.7 Å². The first-order chi connectivity index (χ1) is 8.40. The molecule has 0 saturated heterocycles. The summed E-state index contributed by atoms with van der Waals surface area (Å²) in [6.07, 6.45) is -4.54. The second kappa shape index (κ2) is 5.72. The smallest absolute Gasteiger partial charge is 0.416 e. The number of hydrogen-bond donors (Lipinski definition) is 0. The molecule has 100 valence electrons. The summed E-state index contributed by atoms with van der Waals surface area (Å²) in [5.74, 6) is -0.941. The summed E-state index contributed by atoms with van der Waals surface area (Å²) < 4.78 is 51.5. The van der Waals surface area contributed by atoms with E-state index in [-0.39, 0.29) is 18.1 Å². The Kier molecular flexibility index (Phi) is 4.55. The average molecular weight is 264 g/mol. The predicted molar refractivity (Wildman–Crippen MR) is 55.3 cm³/mol. The third kappa shape index (κ3) is 3.36. The molecule has 18 heavy (non-hydrogen) atoms. The lowest BCUT2D eigenvalue weighted by Gasteiger charge is -2.12. The number of esters is 1. The Bertz CT molecular complexity index is 429. The molecule has 0 aromatic heterocycles. The van der Waals surface area contributed by atoms with Crippen LogP contribution in [0.4, 0.5) is 13.2 Å². The van der Waals surface area contributed by atoms with Crippen molar-refractivity contribution in [1.82, 2.24) is 0 Å². The van der Waals surface area contributed by atoms with Crippen LogP contribution in [0.2, 0.25) is 0 Å². The Balaban J connectivity index is 3.16. The molecule has 0 aliphatic heterocycles. The second-order valence-electron chi connectivity index (χ2n) is 3.25. The first-order valence-electron chi connectivity index (χ1n) is 4.81. The van der Waals surface area contributed by atoms with Gasteiger partial charge in [-0.1, -0.05) is 0 Å². The number of halogens is 3. The number of carbonyl (C=O) groups is 1. The highest BCUT2D eigenvalue weighted by Gasteiger charge is 2.32. The van der Waals surface area contributed by atoms with E-state index in [4.69, 9.17) is 4.74 Å². The van der Waals surface area contributed by atoms with Gasteiger partial charge >= 0.3 is 12.1 Å². The fourth-order valence-electron chi connectivity index (χ4n) is 1.22. The van der Waals surface area contributed by atoms with Crippen LogP contribution < -0.4 is 4.74 Å². The number of methoxy groups -OCH3 is 2. The van der Waals surface area contributed by atoms with E-state index in [1.54, 1.807) is 0 Å². The van der Waals surface area contributed by atoms with E-state index in [1.807, 2.05) is 0 Å². The van der Waals surface area contributed by atoms with E-state index in [0.717, 1.165) is 19.2 Å². The van der Waals surface area contributed by atoms with Gasteiger partial charge in [0.2, 0.25) is 0 Å². The minimum Gasteiger partial charge on any atom is -0.467 e. The molecule has 0 spiro atoms. The van der Waals surface area contributed by atoms with Crippen molar-refractivity contribution >= 4 is 5.97 Å². The number of ether oxygens (including phenoxy) is 3. The molecule has 0 fully saturated rings. The number of benzene rings is 1. The van der Waals surface area contributed by atoms with Gasteiger partial charge in [0.15, 0.2) is 6.79 Å². The van der Waals surface area contributed by atoms with Crippen molar-refractivity contribution < 1.29 is 32.2 Å². The van der Waals surface area contributed by atoms with Gasteiger partial charge in [0.05, 0.1) is 12.7 Å². The largest absolute Gasteiger partial charge is 0.467 e. The molecule has 0 saturated carbocycles. The lowest BCUT2D eigenvalue weighted by molar-refractivity contribution is -0.137. The standard InChI is InChI=1S/C11H11F3O4/c1-16-6-18-9-4-3-7(11(12,13)14)5-8(9)10(15)17-2/h3-5H,6H2,1-2H3. The molecule has 7 heteroatoms. The maximum absolute atomic E-state index is 12.5. The van der Waals surface area contributed by atoms with E-state index >= 15 is 0 Å². The van der Waals surface area contributed by atoms with E-state index in [1.165, 1.54) is 7.11 Å². The maximum Gasteiger partial charge on any atom is 0.416 e. The van der Waals surface area contributed by atoms with Crippen LogP contribution in [0.15, 0.2) is 18.2 Å². The van der Waals surface area contributed by atoms with Crippen LogP contribution in [0.3, 0.4) is 0 Å². The van der Waals surface area contributed by atoms with Crippen LogP contribution in [0.25, 0.3) is 0 Å². The highest BCUT2D eigenvalue weighted by molar-refractivity contribution is 5.92. The highest BCUT2D eigenvalue weighted by atomic mass is 19.4. The molecule has 0 unspecified atom stereocenters. The average Bonchev–Trinajstić information content (AvgIpc) is 2.34. The van der Waals surface area contributed by atoms with Crippen molar-refractivity contribution in [2.24, 2.45) is 0 Å². The van der Waals surface area contributed by atoms with Gasteiger partial charge in [0.1, 0.15) is 11.3 Å². The van der Waals surface area contributed by atoms with E-state index in [2.05, 4.69) is 9.47 Å². The molecule has 0 aliphatic rings. The first kappa shape index (κ1) is 14.3. The van der Waals surface area contributed by atoms with Gasteiger partial charge in [0, 0.05) is 7.11 Å². The molecule has 0 amide bonds. The summed E-state index contributed by atoms with van der Waals surface area (Å²) in [5, 5.41) is 0. The highest BCUT2D eigenvalue weighted by Crippen LogP contribution is 2.32. The third-order valence-electron chi connectivity index (χ3n) is 2.04. The molecule has 0 heterocycles. The van der Waals surface area contributed by atoms with Gasteiger partial charge in [-0.2, -0.15) is 13.2 Å². The van der Waals surface area contributed by atoms with Gasteiger partial charge in [0.25, 0.3) is 0 Å². The first-order valence-corrected chi connectivity index (χ1v) is 4.81. The normalized spacial score (nSPS) is 11.2.